The average Bonchev–Trinajstić information content (AvgIpc) is 2.37. The van der Waals surface area contributed by atoms with Gasteiger partial charge >= 0.3 is 0 Å². The van der Waals surface area contributed by atoms with Crippen molar-refractivity contribution in [3.63, 3.8) is 0 Å². The van der Waals surface area contributed by atoms with Crippen LogP contribution in [0.5, 0.6) is 5.75 Å². The summed E-state index contributed by atoms with van der Waals surface area (Å²) in [7, 11) is 1.98. The minimum absolute atomic E-state index is 0.0846. The van der Waals surface area contributed by atoms with E-state index >= 15 is 0 Å². The fraction of sp³-hybridized carbons (Fsp3) is 0.533. The van der Waals surface area contributed by atoms with Crippen LogP contribution in [0.2, 0.25) is 0 Å². The maximum absolute atomic E-state index is 11.6. The summed E-state index contributed by atoms with van der Waals surface area (Å²) in [6, 6.07) is 6.44. The Bertz CT molecular complexity index is 471. The molecule has 2 N–H and O–H groups in total. The van der Waals surface area contributed by atoms with Gasteiger partial charge in [-0.25, -0.2) is 0 Å². The number of carbonyl (C=O) groups excluding carboxylic acids is 1. The predicted octanol–water partition coefficient (Wildman–Crippen LogP) is 2.19. The first-order chi connectivity index (χ1) is 9.01. The number of nitrogens with one attached hydrogen (secondary N) is 2. The highest BCUT2D eigenvalue weighted by atomic mass is 16.5. The maximum atomic E-state index is 11.6. The zero-order valence-electron chi connectivity index (χ0n) is 12.0. The van der Waals surface area contributed by atoms with E-state index in [4.69, 9.17) is 4.74 Å². The zero-order valence-corrected chi connectivity index (χ0v) is 12.0. The van der Waals surface area contributed by atoms with Crippen LogP contribution in [0.3, 0.4) is 0 Å². The van der Waals surface area contributed by atoms with Crippen LogP contribution in [-0.4, -0.2) is 25.1 Å². The number of hydrogen-bond donors (Lipinski definition) is 2. The first-order valence-corrected chi connectivity index (χ1v) is 6.79. The van der Waals surface area contributed by atoms with Gasteiger partial charge in [-0.3, -0.25) is 4.79 Å². The fourth-order valence-corrected chi connectivity index (χ4v) is 2.31. The number of rotatable bonds is 4. The average molecular weight is 262 g/mol. The molecule has 0 fully saturated rings. The molecule has 0 spiro atoms. The summed E-state index contributed by atoms with van der Waals surface area (Å²) in [5.41, 5.74) is 1.98. The second-order valence-corrected chi connectivity index (χ2v) is 5.42. The van der Waals surface area contributed by atoms with Crippen LogP contribution in [-0.2, 0) is 11.2 Å². The molecule has 1 aromatic rings. The highest BCUT2D eigenvalue weighted by Crippen LogP contribution is 2.31. The Hall–Kier alpha value is -1.55. The summed E-state index contributed by atoms with van der Waals surface area (Å²) in [6.45, 7) is 6.15. The van der Waals surface area contributed by atoms with Crippen molar-refractivity contribution in [2.24, 2.45) is 5.92 Å². The SMILES string of the molecule is CNC(Cc1ccc2c(c1)NC(=O)C(C)O2)C(C)C. The molecule has 19 heavy (non-hydrogen) atoms. The van der Waals surface area contributed by atoms with Crippen molar-refractivity contribution in [3.8, 4) is 5.75 Å². The van der Waals surface area contributed by atoms with Crippen molar-refractivity contribution >= 4 is 11.6 Å². The Morgan fingerprint density at radius 3 is 2.79 bits per heavy atom. The second kappa shape index (κ2) is 5.61. The molecule has 0 bridgehead atoms. The molecule has 0 aromatic heterocycles. The number of hydrogen-bond acceptors (Lipinski definition) is 3. The molecule has 1 amide bonds. The van der Waals surface area contributed by atoms with E-state index in [-0.39, 0.29) is 5.91 Å². The summed E-state index contributed by atoms with van der Waals surface area (Å²) in [5.74, 6) is 1.23. The van der Waals surface area contributed by atoms with Gasteiger partial charge in [-0.15, -0.1) is 0 Å². The van der Waals surface area contributed by atoms with Gasteiger partial charge in [0.05, 0.1) is 5.69 Å². The van der Waals surface area contributed by atoms with E-state index in [0.29, 0.717) is 12.0 Å². The quantitative estimate of drug-likeness (QED) is 0.874. The van der Waals surface area contributed by atoms with Crippen LogP contribution >= 0.6 is 0 Å². The Morgan fingerprint density at radius 1 is 1.42 bits per heavy atom. The topological polar surface area (TPSA) is 50.4 Å². The molecule has 4 nitrogen and oxygen atoms in total. The third-order valence-corrected chi connectivity index (χ3v) is 3.61. The van der Waals surface area contributed by atoms with Crippen LogP contribution in [0, 0.1) is 5.92 Å². The third kappa shape index (κ3) is 3.07. The molecule has 1 aromatic carbocycles. The number of carbonyl (C=O) groups is 1. The van der Waals surface area contributed by atoms with Crippen LogP contribution in [0.4, 0.5) is 5.69 Å². The number of anilines is 1. The van der Waals surface area contributed by atoms with Crippen LogP contribution in [0.15, 0.2) is 18.2 Å². The van der Waals surface area contributed by atoms with Gasteiger partial charge in [-0.2, -0.15) is 0 Å². The van der Waals surface area contributed by atoms with Gasteiger partial charge < -0.3 is 15.4 Å². The Balaban J connectivity index is 2.17. The molecule has 2 atom stereocenters. The second-order valence-electron chi connectivity index (χ2n) is 5.42. The van der Waals surface area contributed by atoms with Crippen LogP contribution in [0.25, 0.3) is 0 Å². The lowest BCUT2D eigenvalue weighted by molar-refractivity contribution is -0.122. The molecule has 2 unspecified atom stereocenters. The molecule has 1 aliphatic rings. The Labute approximate surface area is 114 Å². The van der Waals surface area contributed by atoms with Crippen molar-refractivity contribution < 1.29 is 9.53 Å². The lowest BCUT2D eigenvalue weighted by Gasteiger charge is -2.25. The highest BCUT2D eigenvalue weighted by molar-refractivity contribution is 5.97. The molecule has 104 valence electrons. The van der Waals surface area contributed by atoms with Crippen molar-refractivity contribution in [1.29, 1.82) is 0 Å². The number of ether oxygens (including phenoxy) is 1. The van der Waals surface area contributed by atoms with E-state index in [1.165, 1.54) is 5.56 Å². The predicted molar refractivity (Wildman–Crippen MR) is 76.6 cm³/mol. The van der Waals surface area contributed by atoms with Gasteiger partial charge in [0, 0.05) is 6.04 Å². The van der Waals surface area contributed by atoms with Crippen molar-refractivity contribution in [2.75, 3.05) is 12.4 Å². The smallest absolute Gasteiger partial charge is 0.265 e. The lowest BCUT2D eigenvalue weighted by atomic mass is 9.96. The summed E-state index contributed by atoms with van der Waals surface area (Å²) >= 11 is 0. The molecular weight excluding hydrogens is 240 g/mol. The zero-order chi connectivity index (χ0) is 14.0. The Morgan fingerprint density at radius 2 is 2.16 bits per heavy atom. The number of amides is 1. The summed E-state index contributed by atoms with van der Waals surface area (Å²) in [4.78, 5) is 11.6. The molecule has 4 heteroatoms. The standard InChI is InChI=1S/C15H22N2O2/c1-9(2)12(16-4)7-11-5-6-14-13(8-11)17-15(18)10(3)19-14/h5-6,8-10,12,16H,7H2,1-4H3,(H,17,18). The first kappa shape index (κ1) is 13.9. The lowest BCUT2D eigenvalue weighted by Crippen LogP contribution is -2.35. The number of likely N-dealkylation sites (N-methyl/N-ethyl adjacent to an activating group) is 1. The van der Waals surface area contributed by atoms with Gasteiger partial charge in [0.15, 0.2) is 6.10 Å². The van der Waals surface area contributed by atoms with E-state index in [1.807, 2.05) is 19.2 Å². The molecule has 0 saturated heterocycles. The van der Waals surface area contributed by atoms with Crippen LogP contribution in [0.1, 0.15) is 26.3 Å². The third-order valence-electron chi connectivity index (χ3n) is 3.61. The fourth-order valence-electron chi connectivity index (χ4n) is 2.31. The van der Waals surface area contributed by atoms with E-state index in [2.05, 4.69) is 30.5 Å². The van der Waals surface area contributed by atoms with Crippen molar-refractivity contribution in [1.82, 2.24) is 5.32 Å². The van der Waals surface area contributed by atoms with Gasteiger partial charge in [-0.1, -0.05) is 19.9 Å². The Kier molecular flexibility index (Phi) is 4.10. The summed E-state index contributed by atoms with van der Waals surface area (Å²) in [6.07, 6.45) is 0.520. The molecule has 1 heterocycles. The molecule has 1 aliphatic heterocycles. The molecular formula is C15H22N2O2. The summed E-state index contributed by atoms with van der Waals surface area (Å²) in [5, 5.41) is 6.21. The highest BCUT2D eigenvalue weighted by Gasteiger charge is 2.23. The van der Waals surface area contributed by atoms with E-state index in [0.717, 1.165) is 17.9 Å². The van der Waals surface area contributed by atoms with Crippen molar-refractivity contribution in [3.05, 3.63) is 23.8 Å². The largest absolute Gasteiger partial charge is 0.479 e. The van der Waals surface area contributed by atoms with Gasteiger partial charge in [0.1, 0.15) is 5.75 Å². The van der Waals surface area contributed by atoms with E-state index in [1.54, 1.807) is 6.92 Å². The molecule has 0 saturated carbocycles. The van der Waals surface area contributed by atoms with Crippen LogP contribution < -0.4 is 15.4 Å². The maximum Gasteiger partial charge on any atom is 0.265 e. The molecule has 0 aliphatic carbocycles. The number of benzene rings is 1. The van der Waals surface area contributed by atoms with Gasteiger partial charge in [0.25, 0.3) is 5.91 Å². The van der Waals surface area contributed by atoms with E-state index in [9.17, 15) is 4.79 Å². The van der Waals surface area contributed by atoms with E-state index < -0.39 is 6.10 Å². The molecule has 0 radical (unpaired) electrons. The first-order valence-electron chi connectivity index (χ1n) is 6.79. The summed E-state index contributed by atoms with van der Waals surface area (Å²) < 4.78 is 5.55. The van der Waals surface area contributed by atoms with Gasteiger partial charge in [0.2, 0.25) is 0 Å². The van der Waals surface area contributed by atoms with Gasteiger partial charge in [-0.05, 0) is 44.0 Å². The minimum Gasteiger partial charge on any atom is -0.479 e. The van der Waals surface area contributed by atoms with Crippen molar-refractivity contribution in [2.45, 2.75) is 39.3 Å². The normalized spacial score (nSPS) is 19.6. The monoisotopic (exact) mass is 262 g/mol. The molecule has 2 rings (SSSR count). The minimum atomic E-state index is -0.418. The number of fused-ring (bicyclic) bond motifs is 1.